The summed E-state index contributed by atoms with van der Waals surface area (Å²) in [5.74, 6) is -0.933. The van der Waals surface area contributed by atoms with Gasteiger partial charge in [-0.15, -0.1) is 0 Å². The molecule has 0 N–H and O–H groups in total. The van der Waals surface area contributed by atoms with Gasteiger partial charge in [-0.2, -0.15) is 0 Å². The summed E-state index contributed by atoms with van der Waals surface area (Å²) >= 11 is 0. The van der Waals surface area contributed by atoms with Gasteiger partial charge in [0, 0.05) is 19.3 Å². The van der Waals surface area contributed by atoms with Crippen LogP contribution in [0.1, 0.15) is 303 Å². The molecule has 0 fully saturated rings. The molecule has 81 heavy (non-hydrogen) atoms. The fourth-order valence-electron chi connectivity index (χ4n) is 9.08. The normalized spacial score (nSPS) is 13.0. The van der Waals surface area contributed by atoms with Gasteiger partial charge in [0.15, 0.2) is 6.10 Å². The van der Waals surface area contributed by atoms with Crippen molar-refractivity contribution < 1.29 is 28.6 Å². The summed E-state index contributed by atoms with van der Waals surface area (Å²) in [7, 11) is 0. The molecule has 0 radical (unpaired) electrons. The van der Waals surface area contributed by atoms with Gasteiger partial charge < -0.3 is 14.2 Å². The highest BCUT2D eigenvalue weighted by Gasteiger charge is 2.19. The number of allylic oxidation sites excluding steroid dienone is 22. The third-order valence-corrected chi connectivity index (χ3v) is 14.1. The highest BCUT2D eigenvalue weighted by molar-refractivity contribution is 5.71. The molecular weight excluding hydrogens is 997 g/mol. The van der Waals surface area contributed by atoms with Crippen LogP contribution in [0.4, 0.5) is 0 Å². The first-order chi connectivity index (χ1) is 40.0. The lowest BCUT2D eigenvalue weighted by Gasteiger charge is -2.18. The van der Waals surface area contributed by atoms with Crippen LogP contribution in [0.15, 0.2) is 134 Å². The lowest BCUT2D eigenvalue weighted by Crippen LogP contribution is -2.30. The lowest BCUT2D eigenvalue weighted by molar-refractivity contribution is -0.167. The minimum absolute atomic E-state index is 0.0970. The van der Waals surface area contributed by atoms with Crippen LogP contribution in [0.3, 0.4) is 0 Å². The van der Waals surface area contributed by atoms with Gasteiger partial charge in [-0.3, -0.25) is 14.4 Å². The van der Waals surface area contributed by atoms with Crippen LogP contribution >= 0.6 is 0 Å². The first-order valence-electron chi connectivity index (χ1n) is 33.7. The molecular formula is C75H124O6. The fourth-order valence-corrected chi connectivity index (χ4v) is 9.08. The van der Waals surface area contributed by atoms with Crippen molar-refractivity contribution in [1.29, 1.82) is 0 Å². The van der Waals surface area contributed by atoms with Crippen molar-refractivity contribution in [2.24, 2.45) is 0 Å². The smallest absolute Gasteiger partial charge is 0.306 e. The average molecular weight is 1120 g/mol. The van der Waals surface area contributed by atoms with Gasteiger partial charge in [-0.05, 0) is 135 Å². The van der Waals surface area contributed by atoms with Crippen molar-refractivity contribution in [3.8, 4) is 0 Å². The van der Waals surface area contributed by atoms with E-state index in [1.165, 1.54) is 109 Å². The zero-order chi connectivity index (χ0) is 58.5. The maximum atomic E-state index is 12.9. The number of carbonyl (C=O) groups is 3. The van der Waals surface area contributed by atoms with Crippen LogP contribution < -0.4 is 0 Å². The number of unbranched alkanes of at least 4 members (excludes halogenated alkanes) is 27. The number of rotatable bonds is 60. The zero-order valence-electron chi connectivity index (χ0n) is 52.8. The van der Waals surface area contributed by atoms with Gasteiger partial charge in [0.1, 0.15) is 13.2 Å². The third kappa shape index (κ3) is 66.2. The Hall–Kier alpha value is -4.45. The largest absolute Gasteiger partial charge is 0.462 e. The van der Waals surface area contributed by atoms with E-state index in [2.05, 4.69) is 154 Å². The number of ether oxygens (including phenoxy) is 3. The molecule has 0 bridgehead atoms. The van der Waals surface area contributed by atoms with Crippen LogP contribution in [0.5, 0.6) is 0 Å². The number of hydrogen-bond donors (Lipinski definition) is 0. The van der Waals surface area contributed by atoms with E-state index < -0.39 is 6.10 Å². The molecule has 0 spiro atoms. The van der Waals surface area contributed by atoms with Crippen LogP contribution in [-0.4, -0.2) is 37.2 Å². The fraction of sp³-hybridized carbons (Fsp3) is 0.667. The molecule has 6 nitrogen and oxygen atoms in total. The van der Waals surface area contributed by atoms with Crippen molar-refractivity contribution in [3.05, 3.63) is 134 Å². The molecule has 0 aliphatic heterocycles. The van der Waals surface area contributed by atoms with Gasteiger partial charge >= 0.3 is 17.9 Å². The average Bonchev–Trinajstić information content (AvgIpc) is 3.46. The zero-order valence-corrected chi connectivity index (χ0v) is 52.8. The molecule has 0 saturated heterocycles. The molecule has 0 aliphatic carbocycles. The quantitative estimate of drug-likeness (QED) is 0.0261. The summed E-state index contributed by atoms with van der Waals surface area (Å²) in [5, 5.41) is 0. The van der Waals surface area contributed by atoms with E-state index in [4.69, 9.17) is 14.2 Å². The Morgan fingerprint density at radius 2 is 0.506 bits per heavy atom. The van der Waals surface area contributed by atoms with Crippen molar-refractivity contribution in [2.75, 3.05) is 13.2 Å². The Balaban J connectivity index is 4.39. The minimum Gasteiger partial charge on any atom is -0.462 e. The Morgan fingerprint density at radius 3 is 0.815 bits per heavy atom. The summed E-state index contributed by atoms with van der Waals surface area (Å²) in [6.07, 6.45) is 96.1. The molecule has 0 aromatic heterocycles. The number of esters is 3. The standard InChI is InChI=1S/C75H124O6/c1-4-7-10-13-16-19-22-25-27-29-31-33-34-35-36-37-38-39-40-42-43-45-47-50-53-56-59-62-65-68-74(77)80-71-72(70-79-73(76)67-64-61-58-55-52-49-24-21-18-15-12-9-6-3)81-75(78)69-66-63-60-57-54-51-48-46-44-41-32-30-28-26-23-20-17-14-11-8-5-2/h7,10,12,15-16,19,21,24-25,27,30-33,35-36,38-39,42-43,47,50,72H,4-6,8-9,11,13-14,17-18,20,22-23,26,28-29,34,37,40-41,44-46,48-49,51-71H2,1-3H3/b10-7-,15-12-,19-16-,24-21-,27-25-,32-30-,33-31-,36-35-,39-38-,43-42-,50-47-. The summed E-state index contributed by atoms with van der Waals surface area (Å²) in [6, 6.07) is 0. The second-order valence-corrected chi connectivity index (χ2v) is 22.0. The van der Waals surface area contributed by atoms with Crippen LogP contribution in [-0.2, 0) is 28.6 Å². The van der Waals surface area contributed by atoms with Crippen LogP contribution in [0.2, 0.25) is 0 Å². The Morgan fingerprint density at radius 1 is 0.259 bits per heavy atom. The molecule has 0 saturated carbocycles. The molecule has 460 valence electrons. The second kappa shape index (κ2) is 68.1. The highest BCUT2D eigenvalue weighted by Crippen LogP contribution is 2.15. The van der Waals surface area contributed by atoms with Crippen molar-refractivity contribution >= 4 is 17.9 Å². The molecule has 0 aromatic rings. The van der Waals surface area contributed by atoms with Gasteiger partial charge in [-0.1, -0.05) is 283 Å². The van der Waals surface area contributed by atoms with Crippen LogP contribution in [0, 0.1) is 0 Å². The van der Waals surface area contributed by atoms with Crippen molar-refractivity contribution in [3.63, 3.8) is 0 Å². The predicted molar refractivity (Wildman–Crippen MR) is 353 cm³/mol. The first kappa shape index (κ1) is 76.5. The highest BCUT2D eigenvalue weighted by atomic mass is 16.6. The van der Waals surface area contributed by atoms with Crippen molar-refractivity contribution in [1.82, 2.24) is 0 Å². The molecule has 0 amide bonds. The number of hydrogen-bond acceptors (Lipinski definition) is 6. The Kier molecular flexibility index (Phi) is 64.3. The SMILES string of the molecule is CC/C=C\C/C=C\C/C=C\C/C=C\C/C=C\C/C=C\C/C=C\C/C=C\CCCCCCC(=O)OCC(COC(=O)CCCCCCC/C=C\C/C=C\CCC)OC(=O)CCCCCCCCCCC/C=C\CCCCCCCCCC. The summed E-state index contributed by atoms with van der Waals surface area (Å²) in [5.41, 5.74) is 0. The first-order valence-corrected chi connectivity index (χ1v) is 33.7. The van der Waals surface area contributed by atoms with E-state index in [0.717, 1.165) is 154 Å². The molecule has 0 aliphatic rings. The maximum absolute atomic E-state index is 12.9. The minimum atomic E-state index is -0.802. The lowest BCUT2D eigenvalue weighted by atomic mass is 10.1. The van der Waals surface area contributed by atoms with E-state index in [-0.39, 0.29) is 31.1 Å². The monoisotopic (exact) mass is 1120 g/mol. The van der Waals surface area contributed by atoms with Crippen molar-refractivity contribution in [2.45, 2.75) is 309 Å². The summed E-state index contributed by atoms with van der Waals surface area (Å²) < 4.78 is 16.9. The maximum Gasteiger partial charge on any atom is 0.306 e. The van der Waals surface area contributed by atoms with E-state index in [9.17, 15) is 14.4 Å². The van der Waals surface area contributed by atoms with Gasteiger partial charge in [0.05, 0.1) is 0 Å². The molecule has 0 aromatic carbocycles. The van der Waals surface area contributed by atoms with Crippen LogP contribution in [0.25, 0.3) is 0 Å². The molecule has 0 rings (SSSR count). The topological polar surface area (TPSA) is 78.9 Å². The molecule has 6 heteroatoms. The van der Waals surface area contributed by atoms with Gasteiger partial charge in [0.2, 0.25) is 0 Å². The summed E-state index contributed by atoms with van der Waals surface area (Å²) in [6.45, 7) is 6.44. The Bertz CT molecular complexity index is 1720. The molecule has 1 unspecified atom stereocenters. The van der Waals surface area contributed by atoms with E-state index in [1.807, 2.05) is 0 Å². The van der Waals surface area contributed by atoms with Gasteiger partial charge in [-0.25, -0.2) is 0 Å². The van der Waals surface area contributed by atoms with E-state index >= 15 is 0 Å². The molecule has 1 atom stereocenters. The van der Waals surface area contributed by atoms with E-state index in [1.54, 1.807) is 0 Å². The summed E-state index contributed by atoms with van der Waals surface area (Å²) in [4.78, 5) is 38.4. The van der Waals surface area contributed by atoms with E-state index in [0.29, 0.717) is 19.3 Å². The predicted octanol–water partition coefficient (Wildman–Crippen LogP) is 23.3. The molecule has 0 heterocycles. The third-order valence-electron chi connectivity index (χ3n) is 14.1. The second-order valence-electron chi connectivity index (χ2n) is 22.0. The number of carbonyl (C=O) groups excluding carboxylic acids is 3. The van der Waals surface area contributed by atoms with Gasteiger partial charge in [0.25, 0.3) is 0 Å². The Labute approximate surface area is 500 Å².